The molecule has 3 nitrogen and oxygen atoms in total. The van der Waals surface area contributed by atoms with Crippen molar-refractivity contribution in [1.29, 1.82) is 0 Å². The minimum absolute atomic E-state index is 0.937. The van der Waals surface area contributed by atoms with Crippen molar-refractivity contribution in [2.24, 2.45) is 5.10 Å². The molecule has 17 heavy (non-hydrogen) atoms. The predicted octanol–water partition coefficient (Wildman–Crippen LogP) is 3.11. The summed E-state index contributed by atoms with van der Waals surface area (Å²) in [5, 5.41) is 7.54. The summed E-state index contributed by atoms with van der Waals surface area (Å²) < 4.78 is 0. The lowest BCUT2D eigenvalue weighted by atomic mass is 10.3. The number of thiophene rings is 1. The van der Waals surface area contributed by atoms with Crippen LogP contribution in [0.1, 0.15) is 4.88 Å². The van der Waals surface area contributed by atoms with Gasteiger partial charge in [-0.05, 0) is 24.3 Å². The van der Waals surface area contributed by atoms with Crippen molar-refractivity contribution in [3.8, 4) is 10.6 Å². The number of thioether (sulfide) groups is 1. The Balaban J connectivity index is 1.91. The molecule has 86 valence electrons. The number of hydrazone groups is 1. The number of rotatable bonds is 2. The Labute approximate surface area is 108 Å². The van der Waals surface area contributed by atoms with E-state index < -0.39 is 0 Å². The molecule has 1 aliphatic rings. The van der Waals surface area contributed by atoms with Gasteiger partial charge in [-0.1, -0.05) is 17.8 Å². The fraction of sp³-hybridized carbons (Fsp3) is 0.167. The number of aromatic nitrogens is 1. The average molecular weight is 261 g/mol. The Hall–Kier alpha value is -1.33. The van der Waals surface area contributed by atoms with Crippen LogP contribution in [0.3, 0.4) is 0 Å². The molecule has 5 heteroatoms. The second-order valence-corrected chi connectivity index (χ2v) is 5.73. The number of hydrogen-bond acceptors (Lipinski definition) is 5. The summed E-state index contributed by atoms with van der Waals surface area (Å²) in [4.78, 5) is 6.77. The second-order valence-electron chi connectivity index (χ2n) is 3.72. The first-order valence-electron chi connectivity index (χ1n) is 5.27. The lowest BCUT2D eigenvalue weighted by Crippen LogP contribution is -2.02. The minimum Gasteiger partial charge on any atom is -0.289 e. The third-order valence-corrected chi connectivity index (χ3v) is 4.71. The molecule has 0 atom stereocenters. The Bertz CT molecular complexity index is 548. The Kier molecular flexibility index (Phi) is 2.86. The monoisotopic (exact) mass is 261 g/mol. The van der Waals surface area contributed by atoms with Gasteiger partial charge < -0.3 is 0 Å². The highest BCUT2D eigenvalue weighted by atomic mass is 32.2. The molecule has 0 radical (unpaired) electrons. The Morgan fingerprint density at radius 3 is 2.76 bits per heavy atom. The summed E-state index contributed by atoms with van der Waals surface area (Å²) in [6.45, 7) is 0. The molecular formula is C12H11N3S2. The quantitative estimate of drug-likeness (QED) is 0.831. The molecular weight excluding hydrogens is 250 g/mol. The Morgan fingerprint density at radius 1 is 1.18 bits per heavy atom. The first-order valence-corrected chi connectivity index (χ1v) is 7.07. The van der Waals surface area contributed by atoms with Gasteiger partial charge in [-0.2, -0.15) is 5.10 Å². The summed E-state index contributed by atoms with van der Waals surface area (Å²) in [6, 6.07) is 10.2. The zero-order chi connectivity index (χ0) is 11.7. The maximum atomic E-state index is 4.47. The van der Waals surface area contributed by atoms with E-state index in [0.29, 0.717) is 0 Å². The molecule has 2 aromatic rings. The van der Waals surface area contributed by atoms with Crippen LogP contribution in [0.15, 0.2) is 41.6 Å². The molecule has 0 unspecified atom stereocenters. The first-order chi connectivity index (χ1) is 8.33. The zero-order valence-corrected chi connectivity index (χ0v) is 11.0. The maximum absolute atomic E-state index is 4.47. The predicted molar refractivity (Wildman–Crippen MR) is 74.3 cm³/mol. The highest BCUT2D eigenvalue weighted by molar-refractivity contribution is 8.14. The van der Waals surface area contributed by atoms with Crippen LogP contribution in [0.5, 0.6) is 0 Å². The van der Waals surface area contributed by atoms with Crippen LogP contribution >= 0.6 is 23.1 Å². The van der Waals surface area contributed by atoms with E-state index in [0.717, 1.165) is 16.6 Å². The van der Waals surface area contributed by atoms with Gasteiger partial charge in [0.25, 0.3) is 0 Å². The van der Waals surface area contributed by atoms with Crippen LogP contribution in [0.25, 0.3) is 10.6 Å². The SMILES string of the molecule is CN1CSC(c2ccc(-c3ccccn3)s2)=N1. The van der Waals surface area contributed by atoms with Crippen molar-refractivity contribution in [2.45, 2.75) is 0 Å². The van der Waals surface area contributed by atoms with Crippen LogP contribution in [0.4, 0.5) is 0 Å². The van der Waals surface area contributed by atoms with Gasteiger partial charge >= 0.3 is 0 Å². The van der Waals surface area contributed by atoms with E-state index in [1.165, 1.54) is 9.75 Å². The van der Waals surface area contributed by atoms with Crippen molar-refractivity contribution in [3.05, 3.63) is 41.4 Å². The summed E-state index contributed by atoms with van der Waals surface area (Å²) >= 11 is 3.52. The van der Waals surface area contributed by atoms with Crippen LogP contribution < -0.4 is 0 Å². The van der Waals surface area contributed by atoms with Crippen LogP contribution in [0.2, 0.25) is 0 Å². The lowest BCUT2D eigenvalue weighted by Gasteiger charge is -1.99. The summed E-state index contributed by atoms with van der Waals surface area (Å²) in [6.07, 6.45) is 1.82. The van der Waals surface area contributed by atoms with Gasteiger partial charge in [-0.25, -0.2) is 0 Å². The van der Waals surface area contributed by atoms with Gasteiger partial charge in [0.05, 0.1) is 21.3 Å². The highest BCUT2D eigenvalue weighted by Crippen LogP contribution is 2.31. The van der Waals surface area contributed by atoms with Gasteiger partial charge in [-0.3, -0.25) is 9.99 Å². The molecule has 0 saturated carbocycles. The number of hydrogen-bond donors (Lipinski definition) is 0. The molecule has 3 heterocycles. The molecule has 0 bridgehead atoms. The average Bonchev–Trinajstić information content (AvgIpc) is 2.98. The molecule has 2 aromatic heterocycles. The summed E-state index contributed by atoms with van der Waals surface area (Å²) in [5.74, 6) is 0.937. The molecule has 0 aliphatic carbocycles. The third-order valence-electron chi connectivity index (χ3n) is 2.38. The fourth-order valence-electron chi connectivity index (χ4n) is 1.59. The van der Waals surface area contributed by atoms with Crippen molar-refractivity contribution >= 4 is 28.1 Å². The molecule has 0 fully saturated rings. The van der Waals surface area contributed by atoms with Gasteiger partial charge in [0.15, 0.2) is 0 Å². The zero-order valence-electron chi connectivity index (χ0n) is 9.33. The molecule has 3 rings (SSSR count). The minimum atomic E-state index is 0.937. The van der Waals surface area contributed by atoms with E-state index in [1.54, 1.807) is 23.1 Å². The highest BCUT2D eigenvalue weighted by Gasteiger charge is 2.16. The van der Waals surface area contributed by atoms with Crippen molar-refractivity contribution in [2.75, 3.05) is 12.9 Å². The van der Waals surface area contributed by atoms with Gasteiger partial charge in [0.2, 0.25) is 0 Å². The lowest BCUT2D eigenvalue weighted by molar-refractivity contribution is 0.430. The first kappa shape index (κ1) is 10.8. The molecule has 0 amide bonds. The topological polar surface area (TPSA) is 28.5 Å². The molecule has 0 spiro atoms. The smallest absolute Gasteiger partial charge is 0.135 e. The van der Waals surface area contributed by atoms with Crippen LogP contribution in [0, 0.1) is 0 Å². The molecule has 1 aliphatic heterocycles. The second kappa shape index (κ2) is 4.50. The number of pyridine rings is 1. The van der Waals surface area contributed by atoms with Gasteiger partial charge in [0.1, 0.15) is 5.04 Å². The van der Waals surface area contributed by atoms with E-state index in [4.69, 9.17) is 0 Å². The molecule has 0 aromatic carbocycles. The van der Waals surface area contributed by atoms with Crippen LogP contribution in [-0.2, 0) is 0 Å². The number of nitrogens with zero attached hydrogens (tertiary/aromatic N) is 3. The fourth-order valence-corrected chi connectivity index (χ4v) is 3.53. The van der Waals surface area contributed by atoms with E-state index in [-0.39, 0.29) is 0 Å². The van der Waals surface area contributed by atoms with E-state index in [1.807, 2.05) is 36.5 Å². The molecule has 0 saturated heterocycles. The van der Waals surface area contributed by atoms with E-state index in [9.17, 15) is 0 Å². The van der Waals surface area contributed by atoms with Crippen molar-refractivity contribution in [1.82, 2.24) is 9.99 Å². The third kappa shape index (κ3) is 2.21. The normalized spacial score (nSPS) is 15.1. The van der Waals surface area contributed by atoms with Gasteiger partial charge in [-0.15, -0.1) is 11.3 Å². The standard InChI is InChI=1S/C12H11N3S2/c1-15-8-16-12(14-15)11-6-5-10(17-11)9-4-2-3-7-13-9/h2-7H,8H2,1H3. The van der Waals surface area contributed by atoms with E-state index >= 15 is 0 Å². The van der Waals surface area contributed by atoms with Crippen LogP contribution in [-0.4, -0.2) is 28.0 Å². The summed E-state index contributed by atoms with van der Waals surface area (Å²) in [5.41, 5.74) is 1.03. The van der Waals surface area contributed by atoms with E-state index in [2.05, 4.69) is 22.2 Å². The summed E-state index contributed by atoms with van der Waals surface area (Å²) in [7, 11) is 1.99. The van der Waals surface area contributed by atoms with Crippen molar-refractivity contribution in [3.63, 3.8) is 0 Å². The van der Waals surface area contributed by atoms with Crippen molar-refractivity contribution < 1.29 is 0 Å². The maximum Gasteiger partial charge on any atom is 0.135 e. The largest absolute Gasteiger partial charge is 0.289 e. The Morgan fingerprint density at radius 2 is 2.06 bits per heavy atom. The molecule has 0 N–H and O–H groups in total. The van der Waals surface area contributed by atoms with Gasteiger partial charge in [0, 0.05) is 13.2 Å².